The molecule has 4 rings (SSSR count). The average Bonchev–Trinajstić information content (AvgIpc) is 3.06. The molecule has 1 N–H and O–H groups in total. The minimum atomic E-state index is -0.424. The molecule has 28 heavy (non-hydrogen) atoms. The van der Waals surface area contributed by atoms with Crippen LogP contribution in [0.25, 0.3) is 11.2 Å². The Kier molecular flexibility index (Phi) is 4.76. The van der Waals surface area contributed by atoms with Crippen LogP contribution in [0.4, 0.5) is 11.6 Å². The smallest absolute Gasteiger partial charge is 0.332 e. The molecule has 0 unspecified atom stereocenters. The van der Waals surface area contributed by atoms with Crippen LogP contribution in [0.15, 0.2) is 33.9 Å². The summed E-state index contributed by atoms with van der Waals surface area (Å²) in [6.07, 6.45) is 0.342. The van der Waals surface area contributed by atoms with Crippen molar-refractivity contribution in [3.05, 3.63) is 50.1 Å². The molecule has 0 saturated carbocycles. The van der Waals surface area contributed by atoms with Gasteiger partial charge in [-0.25, -0.2) is 4.79 Å². The van der Waals surface area contributed by atoms with Crippen LogP contribution in [-0.2, 0) is 20.1 Å². The number of anilines is 2. The molecule has 0 fully saturated rings. The van der Waals surface area contributed by atoms with E-state index < -0.39 is 5.69 Å². The van der Waals surface area contributed by atoms with E-state index in [1.807, 2.05) is 33.7 Å². The van der Waals surface area contributed by atoms with Crippen LogP contribution in [0.2, 0.25) is 5.02 Å². The van der Waals surface area contributed by atoms with Crippen molar-refractivity contribution in [1.82, 2.24) is 18.7 Å². The third kappa shape index (κ3) is 2.93. The molecule has 1 aliphatic rings. The highest BCUT2D eigenvalue weighted by Crippen LogP contribution is 2.33. The van der Waals surface area contributed by atoms with Gasteiger partial charge in [0.25, 0.3) is 5.56 Å². The van der Waals surface area contributed by atoms with E-state index in [-0.39, 0.29) is 24.6 Å². The molecule has 148 valence electrons. The zero-order valence-electron chi connectivity index (χ0n) is 15.8. The number of aromatic nitrogens is 4. The summed E-state index contributed by atoms with van der Waals surface area (Å²) >= 11 is 6.02. The maximum absolute atomic E-state index is 13.1. The number of hydrogen-bond acceptors (Lipinski definition) is 5. The normalized spacial score (nSPS) is 16.6. The first-order chi connectivity index (χ1) is 13.4. The zero-order valence-corrected chi connectivity index (χ0v) is 16.6. The van der Waals surface area contributed by atoms with E-state index in [9.17, 15) is 9.59 Å². The fourth-order valence-corrected chi connectivity index (χ4v) is 3.90. The third-order valence-electron chi connectivity index (χ3n) is 5.12. The molecule has 0 bridgehead atoms. The Balaban J connectivity index is 1.96. The molecular formula is C19H22ClN5O3. The van der Waals surface area contributed by atoms with Crippen molar-refractivity contribution in [3.8, 4) is 0 Å². The van der Waals surface area contributed by atoms with Gasteiger partial charge < -0.3 is 14.6 Å². The highest BCUT2D eigenvalue weighted by molar-refractivity contribution is 6.30. The quantitative estimate of drug-likeness (QED) is 0.717. The summed E-state index contributed by atoms with van der Waals surface area (Å²) in [7, 11) is 1.62. The third-order valence-corrected chi connectivity index (χ3v) is 5.37. The number of rotatable bonds is 4. The predicted molar refractivity (Wildman–Crippen MR) is 109 cm³/mol. The van der Waals surface area contributed by atoms with Crippen LogP contribution in [0.3, 0.4) is 0 Å². The van der Waals surface area contributed by atoms with Crippen molar-refractivity contribution in [2.75, 3.05) is 18.1 Å². The van der Waals surface area contributed by atoms with Crippen LogP contribution >= 0.6 is 11.6 Å². The van der Waals surface area contributed by atoms with Gasteiger partial charge in [-0.05, 0) is 36.6 Å². The van der Waals surface area contributed by atoms with Crippen molar-refractivity contribution >= 4 is 34.4 Å². The van der Waals surface area contributed by atoms with Crippen molar-refractivity contribution in [2.45, 2.75) is 26.4 Å². The Morgan fingerprint density at radius 2 is 1.93 bits per heavy atom. The van der Waals surface area contributed by atoms with Crippen LogP contribution in [0.5, 0.6) is 0 Å². The maximum Gasteiger partial charge on any atom is 0.332 e. The monoisotopic (exact) mass is 403 g/mol. The molecule has 0 aliphatic carbocycles. The maximum atomic E-state index is 13.1. The molecule has 0 spiro atoms. The van der Waals surface area contributed by atoms with Gasteiger partial charge in [0, 0.05) is 44.0 Å². The zero-order chi connectivity index (χ0) is 20.0. The lowest BCUT2D eigenvalue weighted by Crippen LogP contribution is -2.40. The molecule has 0 amide bonds. The van der Waals surface area contributed by atoms with Gasteiger partial charge in [0.05, 0.1) is 0 Å². The number of aryl methyl sites for hydroxylation is 1. The van der Waals surface area contributed by atoms with Crippen molar-refractivity contribution in [2.24, 2.45) is 13.0 Å². The number of aliphatic hydroxyl groups is 1. The number of nitrogens with zero attached hydrogens (tertiary/aromatic N) is 5. The lowest BCUT2D eigenvalue weighted by atomic mass is 10.1. The SMILES string of the molecule is C[C@@H]1CN(c2ccc(Cl)cc2)c2nc3c(c(=O)n(CCCO)c(=O)n3C)n2C1. The first-order valence-electron chi connectivity index (χ1n) is 9.26. The molecule has 0 radical (unpaired) electrons. The minimum Gasteiger partial charge on any atom is -0.396 e. The van der Waals surface area contributed by atoms with Gasteiger partial charge in [-0.2, -0.15) is 4.98 Å². The van der Waals surface area contributed by atoms with Crippen molar-refractivity contribution in [3.63, 3.8) is 0 Å². The van der Waals surface area contributed by atoms with E-state index in [2.05, 4.69) is 11.9 Å². The highest BCUT2D eigenvalue weighted by Gasteiger charge is 2.29. The molecule has 1 atom stereocenters. The summed E-state index contributed by atoms with van der Waals surface area (Å²) in [4.78, 5) is 32.5. The summed E-state index contributed by atoms with van der Waals surface area (Å²) in [6, 6.07) is 7.48. The summed E-state index contributed by atoms with van der Waals surface area (Å²) in [5, 5.41) is 9.75. The molecule has 0 saturated heterocycles. The molecule has 1 aliphatic heterocycles. The van der Waals surface area contributed by atoms with E-state index in [0.717, 1.165) is 12.2 Å². The molecule has 1 aromatic carbocycles. The van der Waals surface area contributed by atoms with E-state index in [1.165, 1.54) is 9.13 Å². The summed E-state index contributed by atoms with van der Waals surface area (Å²) in [5.41, 5.74) is 0.930. The highest BCUT2D eigenvalue weighted by atomic mass is 35.5. The number of halogens is 1. The minimum absolute atomic E-state index is 0.0838. The number of fused-ring (bicyclic) bond motifs is 3. The molecule has 3 heterocycles. The standard InChI is InChI=1S/C19H22ClN5O3/c1-12-10-24(14-6-4-13(20)5-7-14)18-21-16-15(25(18)11-12)17(27)23(8-3-9-26)19(28)22(16)2/h4-7,12,26H,3,8-11H2,1-2H3/t12-/m1/s1. The van der Waals surface area contributed by atoms with E-state index in [4.69, 9.17) is 16.7 Å². The Morgan fingerprint density at radius 1 is 1.21 bits per heavy atom. The second-order valence-electron chi connectivity index (χ2n) is 7.26. The second-order valence-corrected chi connectivity index (χ2v) is 7.70. The second kappa shape index (κ2) is 7.10. The van der Waals surface area contributed by atoms with Gasteiger partial charge in [0.1, 0.15) is 0 Å². The summed E-state index contributed by atoms with van der Waals surface area (Å²) in [6.45, 7) is 3.60. The Labute approximate surface area is 166 Å². The van der Waals surface area contributed by atoms with Crippen LogP contribution < -0.4 is 16.1 Å². The Morgan fingerprint density at radius 3 is 2.61 bits per heavy atom. The van der Waals surface area contributed by atoms with Gasteiger partial charge in [-0.15, -0.1) is 0 Å². The van der Waals surface area contributed by atoms with E-state index in [1.54, 1.807) is 7.05 Å². The number of hydrogen-bond donors (Lipinski definition) is 1. The number of aliphatic hydroxyl groups excluding tert-OH is 1. The topological polar surface area (TPSA) is 85.3 Å². The molecule has 2 aromatic heterocycles. The summed E-state index contributed by atoms with van der Waals surface area (Å²) < 4.78 is 4.48. The number of imidazole rings is 1. The molecule has 9 heteroatoms. The number of benzene rings is 1. The first kappa shape index (κ1) is 18.8. The molecule has 8 nitrogen and oxygen atoms in total. The Hall–Kier alpha value is -2.58. The molecular weight excluding hydrogens is 382 g/mol. The largest absolute Gasteiger partial charge is 0.396 e. The molecule has 3 aromatic rings. The fourth-order valence-electron chi connectivity index (χ4n) is 3.77. The predicted octanol–water partition coefficient (Wildman–Crippen LogP) is 1.72. The average molecular weight is 404 g/mol. The van der Waals surface area contributed by atoms with Crippen LogP contribution in [0.1, 0.15) is 13.3 Å². The summed E-state index contributed by atoms with van der Waals surface area (Å²) in [5.74, 6) is 0.922. The lowest BCUT2D eigenvalue weighted by Gasteiger charge is -2.33. The van der Waals surface area contributed by atoms with E-state index >= 15 is 0 Å². The Bertz CT molecular complexity index is 1150. The van der Waals surface area contributed by atoms with E-state index in [0.29, 0.717) is 35.1 Å². The lowest BCUT2D eigenvalue weighted by molar-refractivity contribution is 0.277. The van der Waals surface area contributed by atoms with Gasteiger partial charge >= 0.3 is 5.69 Å². The van der Waals surface area contributed by atoms with Gasteiger partial charge in [0.2, 0.25) is 5.95 Å². The van der Waals surface area contributed by atoms with Gasteiger partial charge in [-0.1, -0.05) is 18.5 Å². The van der Waals surface area contributed by atoms with Crippen LogP contribution in [0, 0.1) is 5.92 Å². The van der Waals surface area contributed by atoms with Crippen molar-refractivity contribution < 1.29 is 5.11 Å². The fraction of sp³-hybridized carbons (Fsp3) is 0.421. The van der Waals surface area contributed by atoms with Gasteiger partial charge in [0.15, 0.2) is 11.2 Å². The first-order valence-corrected chi connectivity index (χ1v) is 9.64. The van der Waals surface area contributed by atoms with Crippen LogP contribution in [-0.4, -0.2) is 36.9 Å². The van der Waals surface area contributed by atoms with Gasteiger partial charge in [-0.3, -0.25) is 13.9 Å². The van der Waals surface area contributed by atoms with Crippen molar-refractivity contribution in [1.29, 1.82) is 0 Å².